The summed E-state index contributed by atoms with van der Waals surface area (Å²) in [7, 11) is 1.95. The monoisotopic (exact) mass is 442 g/mol. The minimum atomic E-state index is -5.54. The van der Waals surface area contributed by atoms with E-state index in [1.807, 2.05) is 42.2 Å². The van der Waals surface area contributed by atoms with E-state index in [1.54, 1.807) is 12.1 Å². The Balaban J connectivity index is 1.92. The van der Waals surface area contributed by atoms with Gasteiger partial charge in [0.2, 0.25) is 0 Å². The van der Waals surface area contributed by atoms with Crippen molar-refractivity contribution < 1.29 is 36.8 Å². The van der Waals surface area contributed by atoms with E-state index in [-0.39, 0.29) is 5.69 Å². The Kier molecular flexibility index (Phi) is 7.59. The molecular formula is C21H24F4N3O3+. The summed E-state index contributed by atoms with van der Waals surface area (Å²) in [5.41, 5.74) is 5.83. The normalized spacial score (nSPS) is 12.8. The van der Waals surface area contributed by atoms with E-state index in [2.05, 4.69) is 12.3 Å². The number of rotatable bonds is 10. The molecule has 2 rings (SSSR count). The number of pyridine rings is 1. The summed E-state index contributed by atoms with van der Waals surface area (Å²) in [6, 6.07) is 10.5. The molecular weight excluding hydrogens is 418 g/mol. The van der Waals surface area contributed by atoms with Crippen LogP contribution in [0, 0.1) is 5.92 Å². The fraction of sp³-hybridized carbons (Fsp3) is 0.381. The van der Waals surface area contributed by atoms with Gasteiger partial charge in [-0.25, -0.2) is 9.36 Å². The second kappa shape index (κ2) is 9.76. The van der Waals surface area contributed by atoms with Gasteiger partial charge in [0.1, 0.15) is 7.05 Å². The zero-order valence-electron chi connectivity index (χ0n) is 17.0. The van der Waals surface area contributed by atoms with Gasteiger partial charge in [0, 0.05) is 11.6 Å². The van der Waals surface area contributed by atoms with Crippen molar-refractivity contribution >= 4 is 17.6 Å². The summed E-state index contributed by atoms with van der Waals surface area (Å²) < 4.78 is 55.1. The lowest BCUT2D eigenvalue weighted by Gasteiger charge is -2.22. The number of hydrogen-bond acceptors (Lipinski definition) is 3. The second-order valence-electron chi connectivity index (χ2n) is 7.46. The van der Waals surface area contributed by atoms with Crippen molar-refractivity contribution in [1.82, 2.24) is 5.43 Å². The van der Waals surface area contributed by atoms with Crippen LogP contribution in [-0.2, 0) is 29.5 Å². The van der Waals surface area contributed by atoms with E-state index in [9.17, 15) is 27.2 Å². The summed E-state index contributed by atoms with van der Waals surface area (Å²) in [6.07, 6.45) is 6.47. The third kappa shape index (κ3) is 6.16. The molecule has 2 aromatic rings. The Hall–Kier alpha value is -3.17. The largest absolute Gasteiger partial charge is 0.477 e. The first-order valence-electron chi connectivity index (χ1n) is 9.52. The number of carbonyl (C=O) groups excluding carboxylic acids is 1. The number of hydrogen-bond donors (Lipinski definition) is 3. The molecule has 3 N–H and O–H groups in total. The average Bonchev–Trinajstić information content (AvgIpc) is 2.70. The van der Waals surface area contributed by atoms with Crippen molar-refractivity contribution in [2.45, 2.75) is 38.0 Å². The molecule has 1 aromatic carbocycles. The average molecular weight is 442 g/mol. The molecule has 1 heterocycles. The van der Waals surface area contributed by atoms with Crippen molar-refractivity contribution in [3.8, 4) is 0 Å². The highest BCUT2D eigenvalue weighted by Crippen LogP contribution is 2.34. The molecule has 1 aromatic heterocycles. The molecule has 6 nitrogen and oxygen atoms in total. The highest BCUT2D eigenvalue weighted by Gasteiger charge is 2.67. The highest BCUT2D eigenvalue weighted by molar-refractivity contribution is 5.92. The van der Waals surface area contributed by atoms with Gasteiger partial charge in [-0.1, -0.05) is 19.1 Å². The number of aromatic nitrogens is 1. The lowest BCUT2D eigenvalue weighted by molar-refractivity contribution is -0.671. The van der Waals surface area contributed by atoms with Crippen molar-refractivity contribution in [2.24, 2.45) is 13.0 Å². The van der Waals surface area contributed by atoms with Crippen LogP contribution in [0.25, 0.3) is 0 Å². The number of carboxylic acid groups (broad SMARTS) is 1. The zero-order chi connectivity index (χ0) is 23.2. The third-order valence-electron chi connectivity index (χ3n) is 4.71. The van der Waals surface area contributed by atoms with Crippen LogP contribution in [0.2, 0.25) is 0 Å². The molecule has 0 saturated heterocycles. The summed E-state index contributed by atoms with van der Waals surface area (Å²) in [6.45, 7) is 2.07. The number of nitrogens with one attached hydrogen (secondary N) is 2. The number of nitrogens with zero attached hydrogens (tertiary/aromatic N) is 1. The molecule has 0 fully saturated rings. The second-order valence-corrected chi connectivity index (χ2v) is 7.46. The molecule has 0 aliphatic rings. The Labute approximate surface area is 176 Å². The summed E-state index contributed by atoms with van der Waals surface area (Å²) >= 11 is 0. The number of carboxylic acids is 1. The standard InChI is InChI=1S/C21H23F4N3O3/c1-14(8-9-15-6-4-10-28(2)13-15)11-16-5-3-7-17(12-16)26-27-18(29)20(22,23)21(24,25)19(30)31/h3-7,10,12-14,26H,8-9,11H2,1-2H3,(H-,27,29,30,31)/p+1. The van der Waals surface area contributed by atoms with E-state index in [0.717, 1.165) is 18.4 Å². The number of hydrazine groups is 1. The zero-order valence-corrected chi connectivity index (χ0v) is 17.0. The maximum absolute atomic E-state index is 13.5. The van der Waals surface area contributed by atoms with Crippen molar-refractivity contribution in [1.29, 1.82) is 0 Å². The molecule has 10 heteroatoms. The quantitative estimate of drug-likeness (QED) is 0.300. The number of aryl methyl sites for hydroxylation is 2. The number of benzene rings is 1. The van der Waals surface area contributed by atoms with Crippen LogP contribution in [-0.4, -0.2) is 28.8 Å². The van der Waals surface area contributed by atoms with Gasteiger partial charge in [0.05, 0.1) is 5.69 Å². The Morgan fingerprint density at radius 3 is 2.42 bits per heavy atom. The Morgan fingerprint density at radius 1 is 1.10 bits per heavy atom. The molecule has 0 radical (unpaired) electrons. The Bertz CT molecular complexity index is 938. The number of aliphatic carboxylic acids is 1. The molecule has 1 amide bonds. The van der Waals surface area contributed by atoms with Gasteiger partial charge in [-0.05, 0) is 48.9 Å². The molecule has 31 heavy (non-hydrogen) atoms. The number of alkyl halides is 4. The van der Waals surface area contributed by atoms with E-state index >= 15 is 0 Å². The maximum atomic E-state index is 13.5. The topological polar surface area (TPSA) is 82.3 Å². The van der Waals surface area contributed by atoms with Gasteiger partial charge in [-0.15, -0.1) is 0 Å². The predicted molar refractivity (Wildman–Crippen MR) is 105 cm³/mol. The molecule has 1 unspecified atom stereocenters. The Morgan fingerprint density at radius 2 is 1.77 bits per heavy atom. The van der Waals surface area contributed by atoms with Crippen molar-refractivity contribution in [3.63, 3.8) is 0 Å². The fourth-order valence-electron chi connectivity index (χ4n) is 2.98. The lowest BCUT2D eigenvalue weighted by atomic mass is 9.95. The number of anilines is 1. The van der Waals surface area contributed by atoms with E-state index < -0.39 is 23.7 Å². The minimum Gasteiger partial charge on any atom is -0.477 e. The van der Waals surface area contributed by atoms with Crippen LogP contribution < -0.4 is 15.4 Å². The SMILES string of the molecule is CC(CCc1ccc[n+](C)c1)Cc1cccc(NNC(=O)C(F)(F)C(F)(F)C(=O)O)c1. The van der Waals surface area contributed by atoms with Crippen molar-refractivity contribution in [2.75, 3.05) is 5.43 Å². The molecule has 0 spiro atoms. The van der Waals surface area contributed by atoms with Crippen LogP contribution >= 0.6 is 0 Å². The van der Waals surface area contributed by atoms with E-state index in [4.69, 9.17) is 5.11 Å². The molecule has 0 aliphatic carbocycles. The maximum Gasteiger partial charge on any atom is 0.413 e. The summed E-state index contributed by atoms with van der Waals surface area (Å²) in [4.78, 5) is 21.7. The van der Waals surface area contributed by atoms with Gasteiger partial charge >= 0.3 is 23.7 Å². The van der Waals surface area contributed by atoms with Crippen LogP contribution in [0.5, 0.6) is 0 Å². The minimum absolute atomic E-state index is 0.197. The predicted octanol–water partition coefficient (Wildman–Crippen LogP) is 3.12. The lowest BCUT2D eigenvalue weighted by Crippen LogP contribution is -2.57. The summed E-state index contributed by atoms with van der Waals surface area (Å²) in [5, 5.41) is 8.23. The summed E-state index contributed by atoms with van der Waals surface area (Å²) in [5.74, 6) is -16.2. The first-order chi connectivity index (χ1) is 14.4. The van der Waals surface area contributed by atoms with Crippen LogP contribution in [0.15, 0.2) is 48.8 Å². The first-order valence-corrected chi connectivity index (χ1v) is 9.52. The van der Waals surface area contributed by atoms with Crippen LogP contribution in [0.3, 0.4) is 0 Å². The molecule has 0 saturated carbocycles. The number of amides is 1. The highest BCUT2D eigenvalue weighted by atomic mass is 19.3. The van der Waals surface area contributed by atoms with Gasteiger partial charge in [0.25, 0.3) is 0 Å². The van der Waals surface area contributed by atoms with Crippen LogP contribution in [0.4, 0.5) is 23.2 Å². The van der Waals surface area contributed by atoms with E-state index in [1.165, 1.54) is 17.1 Å². The number of carbonyl (C=O) groups is 2. The van der Waals surface area contributed by atoms with Crippen molar-refractivity contribution in [3.05, 3.63) is 59.9 Å². The molecule has 168 valence electrons. The molecule has 0 aliphatic heterocycles. The smallest absolute Gasteiger partial charge is 0.413 e. The number of halogens is 4. The van der Waals surface area contributed by atoms with Crippen LogP contribution in [0.1, 0.15) is 24.5 Å². The van der Waals surface area contributed by atoms with Gasteiger partial charge in [0.15, 0.2) is 12.4 Å². The van der Waals surface area contributed by atoms with Gasteiger partial charge in [-0.3, -0.25) is 15.6 Å². The van der Waals surface area contributed by atoms with Gasteiger partial charge in [-0.2, -0.15) is 17.6 Å². The molecule has 1 atom stereocenters. The fourth-order valence-corrected chi connectivity index (χ4v) is 2.98. The molecule has 0 bridgehead atoms. The van der Waals surface area contributed by atoms with E-state index in [0.29, 0.717) is 12.3 Å². The van der Waals surface area contributed by atoms with Gasteiger partial charge < -0.3 is 5.11 Å². The first kappa shape index (κ1) is 24.1. The third-order valence-corrected chi connectivity index (χ3v) is 4.71.